The van der Waals surface area contributed by atoms with Crippen molar-refractivity contribution in [2.24, 2.45) is 0 Å². The average molecular weight is 385 g/mol. The molecule has 8 nitrogen and oxygen atoms in total. The summed E-state index contributed by atoms with van der Waals surface area (Å²) in [6.07, 6.45) is 0.0457. The number of halogens is 1. The van der Waals surface area contributed by atoms with Gasteiger partial charge in [0.25, 0.3) is 0 Å². The third kappa shape index (κ3) is 5.61. The summed E-state index contributed by atoms with van der Waals surface area (Å²) in [6.45, 7) is 0.541. The number of amides is 3. The number of carbonyl (C=O) groups excluding carboxylic acids is 2. The highest BCUT2D eigenvalue weighted by molar-refractivity contribution is 6.30. The number of rotatable bonds is 6. The molecule has 0 radical (unpaired) electrons. The molecular weight excluding hydrogens is 368 g/mol. The smallest absolute Gasteiger partial charge is 0.321 e. The highest BCUT2D eigenvalue weighted by atomic mass is 35.5. The van der Waals surface area contributed by atoms with Crippen LogP contribution in [0.2, 0.25) is 5.02 Å². The first-order valence-electron chi connectivity index (χ1n) is 8.25. The zero-order valence-electron chi connectivity index (χ0n) is 14.3. The summed E-state index contributed by atoms with van der Waals surface area (Å²) in [7, 11) is 0. The molecule has 0 aliphatic carbocycles. The Kier molecular flexibility index (Phi) is 6.11. The predicted molar refractivity (Wildman–Crippen MR) is 99.7 cm³/mol. The van der Waals surface area contributed by atoms with E-state index in [9.17, 15) is 9.59 Å². The molecule has 1 heterocycles. The molecule has 3 aromatic rings. The average Bonchev–Trinajstić information content (AvgIpc) is 3.15. The summed E-state index contributed by atoms with van der Waals surface area (Å²) in [6, 6.07) is 16.0. The van der Waals surface area contributed by atoms with E-state index in [1.807, 2.05) is 36.4 Å². The van der Waals surface area contributed by atoms with E-state index in [2.05, 4.69) is 26.0 Å². The van der Waals surface area contributed by atoms with Crippen LogP contribution in [0.1, 0.15) is 12.0 Å². The van der Waals surface area contributed by atoms with Crippen LogP contribution < -0.4 is 10.6 Å². The summed E-state index contributed by atoms with van der Waals surface area (Å²) >= 11 is 5.94. The Hall–Kier alpha value is -3.26. The topological polar surface area (TPSA) is 102 Å². The lowest BCUT2D eigenvalue weighted by Gasteiger charge is -2.06. The van der Waals surface area contributed by atoms with Crippen molar-refractivity contribution in [1.82, 2.24) is 30.8 Å². The van der Waals surface area contributed by atoms with Crippen LogP contribution in [0.25, 0.3) is 11.4 Å². The van der Waals surface area contributed by atoms with Crippen LogP contribution in [-0.4, -0.2) is 32.1 Å². The summed E-state index contributed by atoms with van der Waals surface area (Å²) in [5.74, 6) is -0.0133. The van der Waals surface area contributed by atoms with Crippen LogP contribution in [-0.2, 0) is 17.9 Å². The molecule has 0 aliphatic heterocycles. The summed E-state index contributed by atoms with van der Waals surface area (Å²) in [4.78, 5) is 24.9. The van der Waals surface area contributed by atoms with E-state index in [4.69, 9.17) is 11.6 Å². The van der Waals surface area contributed by atoms with Crippen LogP contribution in [0.15, 0.2) is 54.6 Å². The van der Waals surface area contributed by atoms with E-state index in [1.54, 1.807) is 18.2 Å². The van der Waals surface area contributed by atoms with Gasteiger partial charge >= 0.3 is 6.03 Å². The second kappa shape index (κ2) is 8.91. The minimum absolute atomic E-state index is 0.0457. The number of nitrogens with zero attached hydrogens (tertiary/aromatic N) is 4. The highest BCUT2D eigenvalue weighted by Gasteiger charge is 2.10. The molecule has 0 fully saturated rings. The van der Waals surface area contributed by atoms with Gasteiger partial charge in [0.1, 0.15) is 0 Å². The van der Waals surface area contributed by atoms with Gasteiger partial charge < -0.3 is 5.32 Å². The number of urea groups is 1. The van der Waals surface area contributed by atoms with Crippen molar-refractivity contribution in [3.05, 3.63) is 65.2 Å². The lowest BCUT2D eigenvalue weighted by atomic mass is 10.2. The van der Waals surface area contributed by atoms with E-state index >= 15 is 0 Å². The van der Waals surface area contributed by atoms with Crippen LogP contribution in [0, 0.1) is 0 Å². The normalized spacial score (nSPS) is 10.4. The molecule has 0 aliphatic rings. The van der Waals surface area contributed by atoms with E-state index in [-0.39, 0.29) is 13.0 Å². The van der Waals surface area contributed by atoms with Crippen LogP contribution in [0.5, 0.6) is 0 Å². The number of tetrazole rings is 1. The van der Waals surface area contributed by atoms with E-state index in [0.717, 1.165) is 11.1 Å². The predicted octanol–water partition coefficient (Wildman–Crippen LogP) is 2.41. The molecular formula is C18H17ClN6O2. The van der Waals surface area contributed by atoms with Crippen LogP contribution >= 0.6 is 11.6 Å². The van der Waals surface area contributed by atoms with Gasteiger partial charge in [0.15, 0.2) is 0 Å². The van der Waals surface area contributed by atoms with Crippen molar-refractivity contribution in [2.45, 2.75) is 19.5 Å². The fourth-order valence-corrected chi connectivity index (χ4v) is 2.48. The number of aromatic nitrogens is 4. The van der Waals surface area contributed by atoms with Gasteiger partial charge in [0, 0.05) is 23.6 Å². The Morgan fingerprint density at radius 3 is 2.67 bits per heavy atom. The van der Waals surface area contributed by atoms with Crippen LogP contribution in [0.4, 0.5) is 4.79 Å². The third-order valence-electron chi connectivity index (χ3n) is 3.62. The number of nitrogens with one attached hydrogen (secondary N) is 2. The molecule has 2 aromatic carbocycles. The molecule has 27 heavy (non-hydrogen) atoms. The van der Waals surface area contributed by atoms with E-state index in [1.165, 1.54) is 4.80 Å². The van der Waals surface area contributed by atoms with Gasteiger partial charge in [0.05, 0.1) is 6.54 Å². The third-order valence-corrected chi connectivity index (χ3v) is 3.86. The van der Waals surface area contributed by atoms with Gasteiger partial charge in [0.2, 0.25) is 11.7 Å². The van der Waals surface area contributed by atoms with Gasteiger partial charge in [-0.25, -0.2) is 4.79 Å². The van der Waals surface area contributed by atoms with Crippen molar-refractivity contribution in [1.29, 1.82) is 0 Å². The monoisotopic (exact) mass is 384 g/mol. The molecule has 0 saturated heterocycles. The first kappa shape index (κ1) is 18.5. The molecule has 9 heteroatoms. The Bertz CT molecular complexity index is 928. The maximum atomic E-state index is 11.9. The number of carbonyl (C=O) groups is 2. The lowest BCUT2D eigenvalue weighted by Crippen LogP contribution is -2.39. The van der Waals surface area contributed by atoms with Gasteiger partial charge in [-0.3, -0.25) is 10.1 Å². The van der Waals surface area contributed by atoms with E-state index < -0.39 is 11.9 Å². The molecule has 0 bridgehead atoms. The maximum Gasteiger partial charge on any atom is 0.321 e. The second-order valence-electron chi connectivity index (χ2n) is 5.69. The molecule has 0 unspecified atom stereocenters. The van der Waals surface area contributed by atoms with Crippen molar-refractivity contribution < 1.29 is 9.59 Å². The minimum atomic E-state index is -0.546. The Morgan fingerprint density at radius 1 is 1.07 bits per heavy atom. The largest absolute Gasteiger partial charge is 0.334 e. The van der Waals surface area contributed by atoms with Gasteiger partial charge in [-0.2, -0.15) is 4.80 Å². The molecule has 0 spiro atoms. The van der Waals surface area contributed by atoms with Crippen molar-refractivity contribution >= 4 is 23.5 Å². The standard InChI is InChI=1S/C18H17ClN6O2/c19-15-8-4-7-14(11-15)17-22-24-25(23-17)10-9-16(26)21-18(27)20-12-13-5-2-1-3-6-13/h1-8,11H,9-10,12H2,(H2,20,21,26,27). The molecule has 1 aromatic heterocycles. The molecule has 2 N–H and O–H groups in total. The number of hydrogen-bond donors (Lipinski definition) is 2. The number of imide groups is 1. The van der Waals surface area contributed by atoms with Crippen molar-refractivity contribution in [3.8, 4) is 11.4 Å². The zero-order valence-corrected chi connectivity index (χ0v) is 15.1. The van der Waals surface area contributed by atoms with Crippen molar-refractivity contribution in [3.63, 3.8) is 0 Å². The second-order valence-corrected chi connectivity index (χ2v) is 6.12. The highest BCUT2D eigenvalue weighted by Crippen LogP contribution is 2.18. The fourth-order valence-electron chi connectivity index (χ4n) is 2.29. The van der Waals surface area contributed by atoms with E-state index in [0.29, 0.717) is 17.4 Å². The number of aryl methyl sites for hydroxylation is 1. The van der Waals surface area contributed by atoms with Gasteiger partial charge in [-0.1, -0.05) is 54.1 Å². The molecule has 3 rings (SSSR count). The van der Waals surface area contributed by atoms with Gasteiger partial charge in [-0.15, -0.1) is 10.2 Å². The molecule has 0 atom stereocenters. The summed E-state index contributed by atoms with van der Waals surface area (Å²) in [5.41, 5.74) is 1.68. The first-order valence-corrected chi connectivity index (χ1v) is 8.63. The molecule has 3 amide bonds. The minimum Gasteiger partial charge on any atom is -0.334 e. The number of hydrogen-bond acceptors (Lipinski definition) is 5. The maximum absolute atomic E-state index is 11.9. The summed E-state index contributed by atoms with van der Waals surface area (Å²) in [5, 5.41) is 17.5. The Balaban J connectivity index is 1.44. The molecule has 0 saturated carbocycles. The zero-order chi connectivity index (χ0) is 19.1. The Morgan fingerprint density at radius 2 is 1.89 bits per heavy atom. The summed E-state index contributed by atoms with van der Waals surface area (Å²) < 4.78 is 0. The van der Waals surface area contributed by atoms with Crippen LogP contribution in [0.3, 0.4) is 0 Å². The van der Waals surface area contributed by atoms with Gasteiger partial charge in [-0.05, 0) is 22.9 Å². The quantitative estimate of drug-likeness (QED) is 0.679. The lowest BCUT2D eigenvalue weighted by molar-refractivity contribution is -0.120. The van der Waals surface area contributed by atoms with Crippen molar-refractivity contribution in [2.75, 3.05) is 0 Å². The molecule has 138 valence electrons. The SMILES string of the molecule is O=C(CCn1nnc(-c2cccc(Cl)c2)n1)NC(=O)NCc1ccccc1. The number of benzene rings is 2. The fraction of sp³-hybridized carbons (Fsp3) is 0.167. The Labute approximate surface area is 160 Å². The first-order chi connectivity index (χ1) is 13.1.